The van der Waals surface area contributed by atoms with E-state index in [-0.39, 0.29) is 12.5 Å². The number of nitrogens with zero attached hydrogens (tertiary/aromatic N) is 3. The third-order valence-electron chi connectivity index (χ3n) is 4.58. The van der Waals surface area contributed by atoms with Gasteiger partial charge in [-0.2, -0.15) is 0 Å². The van der Waals surface area contributed by atoms with Gasteiger partial charge in [-0.05, 0) is 49.1 Å². The quantitative estimate of drug-likeness (QED) is 0.416. The SMILES string of the molecule is Cc1ccc(C(C)C)c(OCc2nnc(S[C@@H](C)C(=O)Nc3ccccc3)n2N)c1. The normalized spacial score (nSPS) is 12.0. The van der Waals surface area contributed by atoms with E-state index >= 15 is 0 Å². The number of thioether (sulfide) groups is 1. The molecule has 8 heteroatoms. The van der Waals surface area contributed by atoms with Gasteiger partial charge in [-0.25, -0.2) is 4.68 Å². The highest BCUT2D eigenvalue weighted by Crippen LogP contribution is 2.28. The molecule has 0 aliphatic carbocycles. The lowest BCUT2D eigenvalue weighted by molar-refractivity contribution is -0.115. The highest BCUT2D eigenvalue weighted by molar-refractivity contribution is 8.00. The molecule has 3 rings (SSSR count). The van der Waals surface area contributed by atoms with E-state index in [1.54, 1.807) is 6.92 Å². The van der Waals surface area contributed by atoms with Crippen molar-refractivity contribution < 1.29 is 9.53 Å². The van der Waals surface area contributed by atoms with Crippen molar-refractivity contribution in [3.05, 3.63) is 65.5 Å². The van der Waals surface area contributed by atoms with Crippen LogP contribution in [0.4, 0.5) is 5.69 Å². The van der Waals surface area contributed by atoms with Crippen molar-refractivity contribution >= 4 is 23.4 Å². The Morgan fingerprint density at radius 3 is 2.60 bits per heavy atom. The molecular formula is C22H27N5O2S. The van der Waals surface area contributed by atoms with Crippen molar-refractivity contribution in [2.75, 3.05) is 11.2 Å². The lowest BCUT2D eigenvalue weighted by atomic mass is 10.0. The molecule has 3 aromatic rings. The van der Waals surface area contributed by atoms with Crippen LogP contribution in [0.5, 0.6) is 5.75 Å². The smallest absolute Gasteiger partial charge is 0.237 e. The van der Waals surface area contributed by atoms with Crippen molar-refractivity contribution in [1.29, 1.82) is 0 Å². The summed E-state index contributed by atoms with van der Waals surface area (Å²) in [5.74, 6) is 7.67. The Bertz CT molecular complexity index is 1000. The summed E-state index contributed by atoms with van der Waals surface area (Å²) in [6, 6.07) is 15.5. The zero-order chi connectivity index (χ0) is 21.7. The van der Waals surface area contributed by atoms with Gasteiger partial charge < -0.3 is 15.9 Å². The third kappa shape index (κ3) is 5.33. The maximum absolute atomic E-state index is 12.4. The molecule has 158 valence electrons. The van der Waals surface area contributed by atoms with Crippen LogP contribution in [-0.2, 0) is 11.4 Å². The number of ether oxygens (including phenoxy) is 1. The number of amides is 1. The van der Waals surface area contributed by atoms with Crippen molar-refractivity contribution in [3.8, 4) is 5.75 Å². The first-order valence-corrected chi connectivity index (χ1v) is 10.7. The second kappa shape index (κ2) is 9.67. The van der Waals surface area contributed by atoms with Crippen LogP contribution < -0.4 is 15.9 Å². The van der Waals surface area contributed by atoms with Gasteiger partial charge in [-0.1, -0.05) is 55.9 Å². The zero-order valence-electron chi connectivity index (χ0n) is 17.6. The molecule has 0 aliphatic rings. The molecular weight excluding hydrogens is 398 g/mol. The Morgan fingerprint density at radius 1 is 1.17 bits per heavy atom. The molecule has 30 heavy (non-hydrogen) atoms. The molecule has 1 amide bonds. The molecule has 0 aliphatic heterocycles. The molecule has 0 saturated carbocycles. The summed E-state index contributed by atoms with van der Waals surface area (Å²) in [6.07, 6.45) is 0. The molecule has 3 N–H and O–H groups in total. The van der Waals surface area contributed by atoms with Crippen LogP contribution in [0, 0.1) is 6.92 Å². The number of para-hydroxylation sites is 1. The first-order chi connectivity index (χ1) is 14.3. The summed E-state index contributed by atoms with van der Waals surface area (Å²) in [7, 11) is 0. The minimum atomic E-state index is -0.394. The van der Waals surface area contributed by atoms with E-state index in [1.807, 2.05) is 43.3 Å². The predicted octanol–water partition coefficient (Wildman–Crippen LogP) is 4.12. The fourth-order valence-corrected chi connectivity index (χ4v) is 3.64. The van der Waals surface area contributed by atoms with Crippen LogP contribution in [-0.4, -0.2) is 26.0 Å². The van der Waals surface area contributed by atoms with Gasteiger partial charge in [0.25, 0.3) is 0 Å². The summed E-state index contributed by atoms with van der Waals surface area (Å²) in [5.41, 5.74) is 3.00. The summed E-state index contributed by atoms with van der Waals surface area (Å²) in [4.78, 5) is 12.4. The largest absolute Gasteiger partial charge is 0.485 e. The second-order valence-electron chi connectivity index (χ2n) is 7.37. The van der Waals surface area contributed by atoms with Crippen molar-refractivity contribution in [3.63, 3.8) is 0 Å². The Hall–Kier alpha value is -3.00. The molecule has 1 heterocycles. The summed E-state index contributed by atoms with van der Waals surface area (Å²) in [6.45, 7) is 8.27. The number of nitrogens with two attached hydrogens (primary N) is 1. The van der Waals surface area contributed by atoms with Crippen LogP contribution in [0.25, 0.3) is 0 Å². The number of anilines is 1. The maximum atomic E-state index is 12.4. The number of carbonyl (C=O) groups excluding carboxylic acids is 1. The molecule has 1 atom stereocenters. The van der Waals surface area contributed by atoms with Gasteiger partial charge in [0, 0.05) is 5.69 Å². The number of hydrogen-bond acceptors (Lipinski definition) is 6. The number of nitrogen functional groups attached to an aromatic ring is 1. The van der Waals surface area contributed by atoms with E-state index in [0.717, 1.165) is 22.6 Å². The van der Waals surface area contributed by atoms with Gasteiger partial charge in [0.2, 0.25) is 11.1 Å². The highest BCUT2D eigenvalue weighted by Gasteiger charge is 2.20. The fraction of sp³-hybridized carbons (Fsp3) is 0.318. The molecule has 0 bridgehead atoms. The number of aryl methyl sites for hydroxylation is 1. The lowest BCUT2D eigenvalue weighted by Gasteiger charge is -2.15. The first kappa shape index (κ1) is 21.7. The molecule has 1 aromatic heterocycles. The maximum Gasteiger partial charge on any atom is 0.237 e. The second-order valence-corrected chi connectivity index (χ2v) is 8.68. The lowest BCUT2D eigenvalue weighted by Crippen LogP contribution is -2.24. The van der Waals surface area contributed by atoms with E-state index < -0.39 is 5.25 Å². The van der Waals surface area contributed by atoms with Gasteiger partial charge in [-0.3, -0.25) is 4.79 Å². The molecule has 0 saturated heterocycles. The van der Waals surface area contributed by atoms with E-state index in [2.05, 4.69) is 41.5 Å². The predicted molar refractivity (Wildman–Crippen MR) is 120 cm³/mol. The summed E-state index contributed by atoms with van der Waals surface area (Å²) < 4.78 is 7.38. The van der Waals surface area contributed by atoms with E-state index in [9.17, 15) is 4.79 Å². The van der Waals surface area contributed by atoms with Gasteiger partial charge in [0.15, 0.2) is 5.82 Å². The minimum absolute atomic E-state index is 0.131. The summed E-state index contributed by atoms with van der Waals surface area (Å²) in [5, 5.41) is 11.2. The van der Waals surface area contributed by atoms with Crippen molar-refractivity contribution in [1.82, 2.24) is 14.9 Å². The van der Waals surface area contributed by atoms with E-state index in [1.165, 1.54) is 16.4 Å². The van der Waals surface area contributed by atoms with Gasteiger partial charge in [-0.15, -0.1) is 10.2 Å². The van der Waals surface area contributed by atoms with Crippen molar-refractivity contribution in [2.24, 2.45) is 0 Å². The van der Waals surface area contributed by atoms with E-state index in [0.29, 0.717) is 16.9 Å². The Labute approximate surface area is 181 Å². The monoisotopic (exact) mass is 425 g/mol. The van der Waals surface area contributed by atoms with E-state index in [4.69, 9.17) is 10.6 Å². The number of aromatic nitrogens is 3. The third-order valence-corrected chi connectivity index (χ3v) is 5.63. The number of carbonyl (C=O) groups is 1. The molecule has 0 radical (unpaired) electrons. The number of benzene rings is 2. The summed E-state index contributed by atoms with van der Waals surface area (Å²) >= 11 is 1.25. The molecule has 0 fully saturated rings. The Morgan fingerprint density at radius 2 is 1.90 bits per heavy atom. The molecule has 2 aromatic carbocycles. The standard InChI is InChI=1S/C22H27N5O2S/c1-14(2)18-11-10-15(3)12-19(18)29-13-20-25-26-22(27(20)23)30-16(4)21(28)24-17-8-6-5-7-9-17/h5-12,14,16H,13,23H2,1-4H3,(H,24,28)/t16-/m0/s1. The number of hydrogen-bond donors (Lipinski definition) is 2. The minimum Gasteiger partial charge on any atom is -0.485 e. The Kier molecular flexibility index (Phi) is 6.99. The van der Waals surface area contributed by atoms with Crippen molar-refractivity contribution in [2.45, 2.75) is 50.6 Å². The molecule has 7 nitrogen and oxygen atoms in total. The van der Waals surface area contributed by atoms with Gasteiger partial charge >= 0.3 is 0 Å². The Balaban J connectivity index is 1.63. The average molecular weight is 426 g/mol. The zero-order valence-corrected chi connectivity index (χ0v) is 18.4. The van der Waals surface area contributed by atoms with Gasteiger partial charge in [0.05, 0.1) is 5.25 Å². The highest BCUT2D eigenvalue weighted by atomic mass is 32.2. The van der Waals surface area contributed by atoms with Gasteiger partial charge in [0.1, 0.15) is 12.4 Å². The fourth-order valence-electron chi connectivity index (χ4n) is 2.85. The topological polar surface area (TPSA) is 95.1 Å². The van der Waals surface area contributed by atoms with Crippen LogP contribution in [0.2, 0.25) is 0 Å². The van der Waals surface area contributed by atoms with Crippen LogP contribution in [0.15, 0.2) is 53.7 Å². The number of rotatable bonds is 8. The van der Waals surface area contributed by atoms with Crippen LogP contribution in [0.3, 0.4) is 0 Å². The van der Waals surface area contributed by atoms with Crippen LogP contribution >= 0.6 is 11.8 Å². The number of nitrogens with one attached hydrogen (secondary N) is 1. The molecule has 0 spiro atoms. The average Bonchev–Trinajstić information content (AvgIpc) is 3.06. The molecule has 0 unspecified atom stereocenters. The van der Waals surface area contributed by atoms with Crippen LogP contribution in [0.1, 0.15) is 43.6 Å². The first-order valence-electron chi connectivity index (χ1n) is 9.80.